The average molecular weight is 357 g/mol. The van der Waals surface area contributed by atoms with Gasteiger partial charge in [0.1, 0.15) is 5.75 Å². The first-order valence-electron chi connectivity index (χ1n) is 6.24. The molecule has 120 valence electrons. The van der Waals surface area contributed by atoms with Crippen molar-refractivity contribution < 1.29 is 23.9 Å². The van der Waals surface area contributed by atoms with Crippen molar-refractivity contribution in [2.45, 2.75) is 0 Å². The number of allylic oxidation sites excluding steroid dienone is 1. The molecule has 1 heterocycles. The highest BCUT2D eigenvalue weighted by molar-refractivity contribution is 6.36. The third kappa shape index (κ3) is 3.69. The largest absolute Gasteiger partial charge is 0.495 e. The van der Waals surface area contributed by atoms with E-state index in [1.165, 1.54) is 25.3 Å². The summed E-state index contributed by atoms with van der Waals surface area (Å²) in [7, 11) is 1.39. The minimum Gasteiger partial charge on any atom is -0.495 e. The van der Waals surface area contributed by atoms with E-state index < -0.39 is 29.5 Å². The normalized spacial score (nSPS) is 15.5. The SMILES string of the molecule is COc1c(Cl)cc(Cl)cc1/C=C/C(=O)C1C(=O)NC(=O)NC1=O. The number of carbonyl (C=O) groups is 4. The summed E-state index contributed by atoms with van der Waals surface area (Å²) in [5, 5.41) is 4.26. The van der Waals surface area contributed by atoms with Gasteiger partial charge >= 0.3 is 6.03 Å². The number of barbiturate groups is 1. The van der Waals surface area contributed by atoms with Gasteiger partial charge in [0.15, 0.2) is 11.7 Å². The second kappa shape index (κ2) is 6.80. The summed E-state index contributed by atoms with van der Waals surface area (Å²) in [6, 6.07) is 2.01. The van der Waals surface area contributed by atoms with Crippen LogP contribution in [0.15, 0.2) is 18.2 Å². The molecule has 7 nitrogen and oxygen atoms in total. The maximum atomic E-state index is 12.0. The number of ether oxygens (including phenoxy) is 1. The zero-order chi connectivity index (χ0) is 17.1. The molecule has 23 heavy (non-hydrogen) atoms. The van der Waals surface area contributed by atoms with E-state index in [1.807, 2.05) is 10.6 Å². The Hall–Kier alpha value is -2.38. The third-order valence-corrected chi connectivity index (χ3v) is 3.45. The van der Waals surface area contributed by atoms with Crippen LogP contribution in [0.5, 0.6) is 5.75 Å². The molecule has 0 radical (unpaired) electrons. The van der Waals surface area contributed by atoms with Crippen LogP contribution in [0, 0.1) is 5.92 Å². The van der Waals surface area contributed by atoms with Crippen molar-refractivity contribution in [2.75, 3.05) is 7.11 Å². The molecule has 1 fully saturated rings. The van der Waals surface area contributed by atoms with E-state index in [0.717, 1.165) is 6.08 Å². The van der Waals surface area contributed by atoms with Gasteiger partial charge in [-0.2, -0.15) is 0 Å². The molecular formula is C14H10Cl2N2O5. The van der Waals surface area contributed by atoms with Crippen molar-refractivity contribution in [3.05, 3.63) is 33.8 Å². The highest BCUT2D eigenvalue weighted by atomic mass is 35.5. The van der Waals surface area contributed by atoms with Gasteiger partial charge in [-0.3, -0.25) is 25.0 Å². The first-order chi connectivity index (χ1) is 10.8. The van der Waals surface area contributed by atoms with E-state index >= 15 is 0 Å². The van der Waals surface area contributed by atoms with Gasteiger partial charge in [-0.05, 0) is 24.3 Å². The molecular weight excluding hydrogens is 347 g/mol. The lowest BCUT2D eigenvalue weighted by atomic mass is 9.99. The molecule has 1 aliphatic heterocycles. The van der Waals surface area contributed by atoms with Gasteiger partial charge in [-0.1, -0.05) is 23.2 Å². The van der Waals surface area contributed by atoms with Crippen molar-refractivity contribution in [3.8, 4) is 5.75 Å². The molecule has 1 aromatic carbocycles. The number of ketones is 1. The lowest BCUT2D eigenvalue weighted by Crippen LogP contribution is -2.57. The van der Waals surface area contributed by atoms with E-state index in [-0.39, 0.29) is 10.8 Å². The number of rotatable bonds is 4. The Kier molecular flexibility index (Phi) is 5.02. The molecule has 0 unspecified atom stereocenters. The fourth-order valence-corrected chi connectivity index (χ4v) is 2.55. The Morgan fingerprint density at radius 1 is 1.17 bits per heavy atom. The number of hydrogen-bond donors (Lipinski definition) is 2. The van der Waals surface area contributed by atoms with Gasteiger partial charge in [-0.25, -0.2) is 4.79 Å². The Balaban J connectivity index is 2.27. The van der Waals surface area contributed by atoms with Crippen LogP contribution in [-0.2, 0) is 14.4 Å². The predicted octanol–water partition coefficient (Wildman–Crippen LogP) is 1.57. The molecule has 1 aromatic rings. The minimum atomic E-state index is -1.63. The van der Waals surface area contributed by atoms with Gasteiger partial charge < -0.3 is 4.74 Å². The predicted molar refractivity (Wildman–Crippen MR) is 82.2 cm³/mol. The number of hydrogen-bond acceptors (Lipinski definition) is 5. The molecule has 0 spiro atoms. The summed E-state index contributed by atoms with van der Waals surface area (Å²) >= 11 is 11.8. The molecule has 2 rings (SSSR count). The summed E-state index contributed by atoms with van der Waals surface area (Å²) < 4.78 is 5.11. The van der Waals surface area contributed by atoms with Gasteiger partial charge in [0.25, 0.3) is 0 Å². The van der Waals surface area contributed by atoms with Crippen LogP contribution in [0.25, 0.3) is 6.08 Å². The van der Waals surface area contributed by atoms with Crippen molar-refractivity contribution in [3.63, 3.8) is 0 Å². The average Bonchev–Trinajstić information content (AvgIpc) is 2.43. The van der Waals surface area contributed by atoms with Gasteiger partial charge in [0.05, 0.1) is 12.1 Å². The zero-order valence-corrected chi connectivity index (χ0v) is 13.2. The quantitative estimate of drug-likeness (QED) is 0.629. The zero-order valence-electron chi connectivity index (χ0n) is 11.7. The van der Waals surface area contributed by atoms with Crippen LogP contribution in [0.3, 0.4) is 0 Å². The second-order valence-electron chi connectivity index (χ2n) is 4.49. The number of amides is 4. The van der Waals surface area contributed by atoms with Crippen molar-refractivity contribution >= 4 is 52.9 Å². The van der Waals surface area contributed by atoms with E-state index in [9.17, 15) is 19.2 Å². The molecule has 0 saturated carbocycles. The first-order valence-corrected chi connectivity index (χ1v) is 6.99. The molecule has 0 bridgehead atoms. The number of halogens is 2. The fourth-order valence-electron chi connectivity index (χ4n) is 1.96. The number of carbonyl (C=O) groups excluding carboxylic acids is 4. The topological polar surface area (TPSA) is 102 Å². The van der Waals surface area contributed by atoms with E-state index in [0.29, 0.717) is 10.6 Å². The minimum absolute atomic E-state index is 0.242. The monoisotopic (exact) mass is 356 g/mol. The maximum Gasteiger partial charge on any atom is 0.328 e. The highest BCUT2D eigenvalue weighted by Crippen LogP contribution is 2.33. The van der Waals surface area contributed by atoms with E-state index in [4.69, 9.17) is 27.9 Å². The summed E-state index contributed by atoms with van der Waals surface area (Å²) in [6.07, 6.45) is 2.33. The number of urea groups is 1. The Labute approximate surface area is 140 Å². The first kappa shape index (κ1) is 17.0. The second-order valence-corrected chi connectivity index (χ2v) is 5.33. The molecule has 1 saturated heterocycles. The molecule has 4 amide bonds. The smallest absolute Gasteiger partial charge is 0.328 e. The summed E-state index contributed by atoms with van der Waals surface area (Å²) in [5.74, 6) is -4.11. The molecule has 0 aliphatic carbocycles. The number of benzene rings is 1. The number of imide groups is 2. The third-order valence-electron chi connectivity index (χ3n) is 2.95. The van der Waals surface area contributed by atoms with E-state index in [2.05, 4.69) is 0 Å². The fraction of sp³-hybridized carbons (Fsp3) is 0.143. The van der Waals surface area contributed by atoms with Crippen LogP contribution < -0.4 is 15.4 Å². The standard InChI is InChI=1S/C14H10Cl2N2O5/c1-23-11-6(4-7(15)5-8(11)16)2-3-9(19)10-12(20)17-14(22)18-13(10)21/h2-5,10H,1H3,(H2,17,18,20,21,22)/b3-2+. The molecule has 9 heteroatoms. The summed E-state index contributed by atoms with van der Waals surface area (Å²) in [4.78, 5) is 46.2. The number of nitrogens with one attached hydrogen (secondary N) is 2. The highest BCUT2D eigenvalue weighted by Gasteiger charge is 2.38. The molecule has 2 N–H and O–H groups in total. The Morgan fingerprint density at radius 3 is 2.35 bits per heavy atom. The Morgan fingerprint density at radius 2 is 1.78 bits per heavy atom. The lowest BCUT2D eigenvalue weighted by Gasteiger charge is -2.18. The number of methoxy groups -OCH3 is 1. The molecule has 0 aromatic heterocycles. The van der Waals surface area contributed by atoms with Crippen LogP contribution in [-0.4, -0.2) is 30.7 Å². The van der Waals surface area contributed by atoms with Crippen molar-refractivity contribution in [2.24, 2.45) is 5.92 Å². The Bertz CT molecular complexity index is 725. The molecule has 1 aliphatic rings. The van der Waals surface area contributed by atoms with Crippen molar-refractivity contribution in [1.82, 2.24) is 10.6 Å². The van der Waals surface area contributed by atoms with Gasteiger partial charge in [-0.15, -0.1) is 0 Å². The lowest BCUT2D eigenvalue weighted by molar-refractivity contribution is -0.140. The van der Waals surface area contributed by atoms with Crippen LogP contribution in [0.1, 0.15) is 5.56 Å². The summed E-state index contributed by atoms with van der Waals surface area (Å²) in [6.45, 7) is 0. The van der Waals surface area contributed by atoms with E-state index in [1.54, 1.807) is 0 Å². The maximum absolute atomic E-state index is 12.0. The summed E-state index contributed by atoms with van der Waals surface area (Å²) in [5.41, 5.74) is 0.394. The van der Waals surface area contributed by atoms with Gasteiger partial charge in [0.2, 0.25) is 11.8 Å². The van der Waals surface area contributed by atoms with Gasteiger partial charge in [0, 0.05) is 10.6 Å². The van der Waals surface area contributed by atoms with Crippen LogP contribution >= 0.6 is 23.2 Å². The van der Waals surface area contributed by atoms with Crippen LogP contribution in [0.4, 0.5) is 4.79 Å². The van der Waals surface area contributed by atoms with Crippen molar-refractivity contribution in [1.29, 1.82) is 0 Å². The molecule has 0 atom stereocenters. The van der Waals surface area contributed by atoms with Crippen LogP contribution in [0.2, 0.25) is 10.0 Å².